The van der Waals surface area contributed by atoms with Gasteiger partial charge < -0.3 is 10.0 Å². The van der Waals surface area contributed by atoms with E-state index in [9.17, 15) is 9.59 Å². The van der Waals surface area contributed by atoms with Crippen LogP contribution in [0.5, 0.6) is 0 Å². The number of rotatable bonds is 3. The summed E-state index contributed by atoms with van der Waals surface area (Å²) >= 11 is 1.12. The monoisotopic (exact) mass is 297 g/mol. The number of likely N-dealkylation sites (tertiary alicyclic amines) is 1. The molecule has 1 amide bonds. The van der Waals surface area contributed by atoms with Crippen LogP contribution >= 0.6 is 11.5 Å². The number of carboxylic acids is 1. The zero-order valence-corrected chi connectivity index (χ0v) is 12.7. The lowest BCUT2D eigenvalue weighted by atomic mass is 9.91. The maximum absolute atomic E-state index is 12.5. The highest BCUT2D eigenvalue weighted by Crippen LogP contribution is 2.29. The van der Waals surface area contributed by atoms with Gasteiger partial charge in [-0.2, -0.15) is 0 Å². The lowest BCUT2D eigenvalue weighted by molar-refractivity contribution is -0.138. The minimum Gasteiger partial charge on any atom is -0.481 e. The average Bonchev–Trinajstić information content (AvgIpc) is 2.93. The van der Waals surface area contributed by atoms with Crippen molar-refractivity contribution in [3.8, 4) is 0 Å². The van der Waals surface area contributed by atoms with Gasteiger partial charge in [-0.05, 0) is 23.9 Å². The van der Waals surface area contributed by atoms with Gasteiger partial charge >= 0.3 is 5.97 Å². The van der Waals surface area contributed by atoms with Gasteiger partial charge in [-0.1, -0.05) is 25.3 Å². The van der Waals surface area contributed by atoms with Crippen molar-refractivity contribution in [3.05, 3.63) is 10.6 Å². The van der Waals surface area contributed by atoms with Crippen molar-refractivity contribution in [1.82, 2.24) is 14.5 Å². The molecule has 0 saturated carbocycles. The average molecular weight is 297 g/mol. The summed E-state index contributed by atoms with van der Waals surface area (Å²) in [4.78, 5) is 25.5. The fourth-order valence-corrected chi connectivity index (χ4v) is 3.24. The van der Waals surface area contributed by atoms with Crippen molar-refractivity contribution in [2.24, 2.45) is 5.92 Å². The van der Waals surface area contributed by atoms with Crippen LogP contribution < -0.4 is 0 Å². The van der Waals surface area contributed by atoms with E-state index in [1.54, 1.807) is 4.90 Å². The summed E-state index contributed by atoms with van der Waals surface area (Å²) in [5.41, 5.74) is 0.493. The molecule has 1 aliphatic rings. The highest BCUT2D eigenvalue weighted by atomic mass is 32.1. The van der Waals surface area contributed by atoms with Gasteiger partial charge in [-0.25, -0.2) is 0 Å². The minimum absolute atomic E-state index is 0.0513. The molecule has 1 fully saturated rings. The van der Waals surface area contributed by atoms with Crippen molar-refractivity contribution < 1.29 is 14.7 Å². The molecule has 0 aliphatic carbocycles. The van der Waals surface area contributed by atoms with Gasteiger partial charge in [0, 0.05) is 24.9 Å². The van der Waals surface area contributed by atoms with Gasteiger partial charge in [0.2, 0.25) is 0 Å². The van der Waals surface area contributed by atoms with Crippen LogP contribution in [0.1, 0.15) is 49.0 Å². The first-order valence-corrected chi connectivity index (χ1v) is 7.40. The number of aliphatic carboxylic acids is 1. The summed E-state index contributed by atoms with van der Waals surface area (Å²) in [7, 11) is 0. The van der Waals surface area contributed by atoms with E-state index < -0.39 is 5.97 Å². The quantitative estimate of drug-likeness (QED) is 0.919. The highest BCUT2D eigenvalue weighted by Gasteiger charge is 2.33. The van der Waals surface area contributed by atoms with Crippen LogP contribution in [-0.4, -0.2) is 44.6 Å². The van der Waals surface area contributed by atoms with E-state index in [0.717, 1.165) is 18.0 Å². The molecule has 1 aromatic rings. The second-order valence-electron chi connectivity index (χ2n) is 6.20. The highest BCUT2D eigenvalue weighted by molar-refractivity contribution is 7.08. The summed E-state index contributed by atoms with van der Waals surface area (Å²) in [6.07, 6.45) is 0.867. The number of hydrogen-bond donors (Lipinski definition) is 1. The summed E-state index contributed by atoms with van der Waals surface area (Å²) in [6.45, 7) is 7.11. The Hall–Kier alpha value is -1.50. The number of hydrogen-bond acceptors (Lipinski definition) is 5. The lowest BCUT2D eigenvalue weighted by Gasteiger charge is -2.19. The van der Waals surface area contributed by atoms with Gasteiger partial charge in [0.1, 0.15) is 4.88 Å². The summed E-state index contributed by atoms with van der Waals surface area (Å²) in [5.74, 6) is -0.827. The van der Waals surface area contributed by atoms with Crippen molar-refractivity contribution in [2.45, 2.75) is 39.0 Å². The summed E-state index contributed by atoms with van der Waals surface area (Å²) in [5, 5.41) is 12.9. The predicted octanol–water partition coefficient (Wildman–Crippen LogP) is 1.77. The van der Waals surface area contributed by atoms with E-state index in [0.29, 0.717) is 23.7 Å². The molecule has 2 heterocycles. The standard InChI is InChI=1S/C13H19N3O3S/c1-13(2,3)11-10(20-15-14-11)12(19)16-5-4-8(7-16)6-9(17)18/h8H,4-7H2,1-3H3,(H,17,18). The van der Waals surface area contributed by atoms with Gasteiger partial charge in [-0.15, -0.1) is 5.10 Å². The van der Waals surface area contributed by atoms with E-state index in [4.69, 9.17) is 5.11 Å². The summed E-state index contributed by atoms with van der Waals surface area (Å²) < 4.78 is 3.90. The van der Waals surface area contributed by atoms with Crippen LogP contribution in [0.25, 0.3) is 0 Å². The molecule has 110 valence electrons. The van der Waals surface area contributed by atoms with E-state index in [1.807, 2.05) is 20.8 Å². The Bertz CT molecular complexity index is 521. The Morgan fingerprint density at radius 1 is 1.45 bits per heavy atom. The van der Waals surface area contributed by atoms with Gasteiger partial charge in [-0.3, -0.25) is 9.59 Å². The molecule has 0 radical (unpaired) electrons. The van der Waals surface area contributed by atoms with E-state index >= 15 is 0 Å². The number of carbonyl (C=O) groups excluding carboxylic acids is 1. The van der Waals surface area contributed by atoms with Crippen LogP contribution in [0.4, 0.5) is 0 Å². The van der Waals surface area contributed by atoms with E-state index in [-0.39, 0.29) is 23.7 Å². The van der Waals surface area contributed by atoms with Crippen LogP contribution in [0.15, 0.2) is 0 Å². The fourth-order valence-electron chi connectivity index (χ4n) is 2.40. The van der Waals surface area contributed by atoms with E-state index in [1.165, 1.54) is 0 Å². The van der Waals surface area contributed by atoms with Crippen LogP contribution in [0, 0.1) is 5.92 Å². The second kappa shape index (κ2) is 5.47. The molecule has 1 unspecified atom stereocenters. The zero-order valence-electron chi connectivity index (χ0n) is 11.9. The molecule has 1 aromatic heterocycles. The first kappa shape index (κ1) is 14.9. The normalized spacial score (nSPS) is 19.4. The molecule has 1 aliphatic heterocycles. The number of amides is 1. The Labute approximate surface area is 122 Å². The third-order valence-electron chi connectivity index (χ3n) is 3.43. The SMILES string of the molecule is CC(C)(C)c1nnsc1C(=O)N1CCC(CC(=O)O)C1. The van der Waals surface area contributed by atoms with E-state index in [2.05, 4.69) is 9.59 Å². The molecule has 0 aromatic carbocycles. The first-order chi connectivity index (χ1) is 9.29. The van der Waals surface area contributed by atoms with Gasteiger partial charge in [0.15, 0.2) is 0 Å². The molecule has 1 N–H and O–H groups in total. The lowest BCUT2D eigenvalue weighted by Crippen LogP contribution is -2.30. The molecule has 20 heavy (non-hydrogen) atoms. The van der Waals surface area contributed by atoms with Crippen LogP contribution in [0.3, 0.4) is 0 Å². The Morgan fingerprint density at radius 2 is 2.15 bits per heavy atom. The van der Waals surface area contributed by atoms with Gasteiger partial charge in [0.05, 0.1) is 5.69 Å². The summed E-state index contributed by atoms with van der Waals surface area (Å²) in [6, 6.07) is 0. The van der Waals surface area contributed by atoms with Crippen LogP contribution in [-0.2, 0) is 10.2 Å². The molecule has 0 bridgehead atoms. The maximum Gasteiger partial charge on any atom is 0.303 e. The molecular formula is C13H19N3O3S. The molecule has 7 heteroatoms. The molecule has 2 rings (SSSR count). The third-order valence-corrected chi connectivity index (χ3v) is 4.14. The van der Waals surface area contributed by atoms with Crippen molar-refractivity contribution in [2.75, 3.05) is 13.1 Å². The van der Waals surface area contributed by atoms with Crippen molar-refractivity contribution >= 4 is 23.4 Å². The smallest absolute Gasteiger partial charge is 0.303 e. The Kier molecular flexibility index (Phi) is 4.08. The number of carboxylic acid groups (broad SMARTS) is 1. The van der Waals surface area contributed by atoms with Gasteiger partial charge in [0.25, 0.3) is 5.91 Å². The molecule has 6 nitrogen and oxygen atoms in total. The first-order valence-electron chi connectivity index (χ1n) is 6.63. The topological polar surface area (TPSA) is 83.4 Å². The number of carbonyl (C=O) groups is 2. The maximum atomic E-state index is 12.5. The second-order valence-corrected chi connectivity index (χ2v) is 6.96. The Balaban J connectivity index is 2.10. The molecular weight excluding hydrogens is 278 g/mol. The van der Waals surface area contributed by atoms with Crippen molar-refractivity contribution in [1.29, 1.82) is 0 Å². The largest absolute Gasteiger partial charge is 0.481 e. The number of nitrogens with zero attached hydrogens (tertiary/aromatic N) is 3. The molecule has 1 atom stereocenters. The predicted molar refractivity (Wildman–Crippen MR) is 74.9 cm³/mol. The molecule has 1 saturated heterocycles. The van der Waals surface area contributed by atoms with Crippen molar-refractivity contribution in [3.63, 3.8) is 0 Å². The molecule has 0 spiro atoms. The van der Waals surface area contributed by atoms with Crippen LogP contribution in [0.2, 0.25) is 0 Å². The number of aromatic nitrogens is 2. The Morgan fingerprint density at radius 3 is 2.75 bits per heavy atom. The minimum atomic E-state index is -0.806. The zero-order chi connectivity index (χ0) is 14.9. The third kappa shape index (κ3) is 3.15. The fraction of sp³-hybridized carbons (Fsp3) is 0.692.